The number of aryl methyl sites for hydroxylation is 1. The molecule has 3 aromatic rings. The minimum atomic E-state index is -0.0755. The van der Waals surface area contributed by atoms with Crippen molar-refractivity contribution in [3.8, 4) is 0 Å². The maximum atomic E-state index is 12.7. The first kappa shape index (κ1) is 21.2. The van der Waals surface area contributed by atoms with E-state index in [0.29, 0.717) is 24.1 Å². The lowest BCUT2D eigenvalue weighted by atomic mass is 9.96. The van der Waals surface area contributed by atoms with E-state index in [9.17, 15) is 4.79 Å². The van der Waals surface area contributed by atoms with Gasteiger partial charge in [0.05, 0.1) is 18.4 Å². The van der Waals surface area contributed by atoms with Gasteiger partial charge in [0.15, 0.2) is 5.65 Å². The quantitative estimate of drug-likeness (QED) is 0.637. The van der Waals surface area contributed by atoms with Crippen LogP contribution in [0.5, 0.6) is 0 Å². The Morgan fingerprint density at radius 2 is 1.97 bits per heavy atom. The molecule has 2 saturated heterocycles. The van der Waals surface area contributed by atoms with Gasteiger partial charge in [-0.15, -0.1) is 0 Å². The van der Waals surface area contributed by atoms with Crippen molar-refractivity contribution in [3.05, 3.63) is 47.8 Å². The van der Waals surface area contributed by atoms with E-state index in [1.54, 1.807) is 6.20 Å². The van der Waals surface area contributed by atoms with Crippen molar-refractivity contribution in [1.82, 2.24) is 24.8 Å². The summed E-state index contributed by atoms with van der Waals surface area (Å²) in [6.07, 6.45) is 7.60. The van der Waals surface area contributed by atoms with Crippen molar-refractivity contribution in [1.29, 1.82) is 0 Å². The van der Waals surface area contributed by atoms with Gasteiger partial charge in [-0.2, -0.15) is 0 Å². The molecule has 2 fully saturated rings. The second-order valence-electron chi connectivity index (χ2n) is 9.00. The monoisotopic (exact) mass is 437 g/mol. The van der Waals surface area contributed by atoms with Gasteiger partial charge in [0, 0.05) is 32.0 Å². The molecule has 0 aromatic carbocycles. The molecule has 1 N–H and O–H groups in total. The predicted octanol–water partition coefficient (Wildman–Crippen LogP) is 3.33. The Labute approximate surface area is 188 Å². The van der Waals surface area contributed by atoms with Gasteiger partial charge < -0.3 is 19.0 Å². The highest BCUT2D eigenvalue weighted by molar-refractivity contribution is 5.96. The molecule has 0 bridgehead atoms. The standard InChI is InChI=1S/C24H31N5O3/c1-17-2-3-21(32-17)15-28-8-4-18(5-9-28)13-26-24(30)19-12-22-23(25-14-19)29(16-27-22)20-6-10-31-11-7-20/h2-3,12,14,16,18,20H,4-11,13,15H2,1H3,(H,26,30). The fourth-order valence-corrected chi connectivity index (χ4v) is 4.75. The smallest absolute Gasteiger partial charge is 0.252 e. The Hall–Kier alpha value is -2.71. The molecule has 0 unspecified atom stereocenters. The number of piperidine rings is 1. The third kappa shape index (κ3) is 4.71. The van der Waals surface area contributed by atoms with Crippen molar-refractivity contribution in [2.45, 2.75) is 45.2 Å². The van der Waals surface area contributed by atoms with Gasteiger partial charge in [0.2, 0.25) is 0 Å². The number of hydrogen-bond donors (Lipinski definition) is 1. The molecular formula is C24H31N5O3. The first-order valence-electron chi connectivity index (χ1n) is 11.6. The highest BCUT2D eigenvalue weighted by Crippen LogP contribution is 2.25. The number of nitrogens with one attached hydrogen (secondary N) is 1. The summed E-state index contributed by atoms with van der Waals surface area (Å²) in [4.78, 5) is 24.2. The molecule has 2 aliphatic rings. The average Bonchev–Trinajstić information content (AvgIpc) is 3.44. The lowest BCUT2D eigenvalue weighted by molar-refractivity contribution is 0.0704. The molecule has 2 aliphatic heterocycles. The number of furan rings is 1. The molecule has 0 atom stereocenters. The molecule has 0 aliphatic carbocycles. The van der Waals surface area contributed by atoms with E-state index in [1.165, 1.54) is 0 Å². The van der Waals surface area contributed by atoms with Gasteiger partial charge >= 0.3 is 0 Å². The predicted molar refractivity (Wildman–Crippen MR) is 120 cm³/mol. The van der Waals surface area contributed by atoms with Crippen LogP contribution in [0.3, 0.4) is 0 Å². The first-order chi connectivity index (χ1) is 15.7. The number of imidazole rings is 1. The van der Waals surface area contributed by atoms with Crippen LogP contribution in [-0.2, 0) is 11.3 Å². The summed E-state index contributed by atoms with van der Waals surface area (Å²) < 4.78 is 13.3. The number of pyridine rings is 1. The number of fused-ring (bicyclic) bond motifs is 1. The fourth-order valence-electron chi connectivity index (χ4n) is 4.75. The largest absolute Gasteiger partial charge is 0.465 e. The highest BCUT2D eigenvalue weighted by Gasteiger charge is 2.22. The second-order valence-corrected chi connectivity index (χ2v) is 9.00. The molecular weight excluding hydrogens is 406 g/mol. The Bertz CT molecular complexity index is 1060. The van der Waals surface area contributed by atoms with Gasteiger partial charge in [-0.1, -0.05) is 0 Å². The normalized spacial score (nSPS) is 18.9. The molecule has 0 radical (unpaired) electrons. The number of aromatic nitrogens is 3. The third-order valence-corrected chi connectivity index (χ3v) is 6.69. The highest BCUT2D eigenvalue weighted by atomic mass is 16.5. The summed E-state index contributed by atoms with van der Waals surface area (Å²) in [5.41, 5.74) is 2.18. The van der Waals surface area contributed by atoms with Gasteiger partial charge in [-0.05, 0) is 69.8 Å². The molecule has 1 amide bonds. The lowest BCUT2D eigenvalue weighted by Gasteiger charge is -2.31. The lowest BCUT2D eigenvalue weighted by Crippen LogP contribution is -2.38. The summed E-state index contributed by atoms with van der Waals surface area (Å²) in [6.45, 7) is 7.12. The number of nitrogens with zero attached hydrogens (tertiary/aromatic N) is 4. The van der Waals surface area contributed by atoms with E-state index < -0.39 is 0 Å². The second kappa shape index (κ2) is 9.42. The maximum absolute atomic E-state index is 12.7. The third-order valence-electron chi connectivity index (χ3n) is 6.69. The number of carbonyl (C=O) groups excluding carboxylic acids is 1. The first-order valence-corrected chi connectivity index (χ1v) is 11.6. The van der Waals surface area contributed by atoms with Gasteiger partial charge in [0.1, 0.15) is 17.0 Å². The zero-order valence-corrected chi connectivity index (χ0v) is 18.6. The molecule has 8 nitrogen and oxygen atoms in total. The average molecular weight is 438 g/mol. The SMILES string of the molecule is Cc1ccc(CN2CCC(CNC(=O)c3cnc4c(c3)ncn4C3CCOCC3)CC2)o1. The Morgan fingerprint density at radius 3 is 2.72 bits per heavy atom. The van der Waals surface area contributed by atoms with Crippen molar-refractivity contribution in [2.24, 2.45) is 5.92 Å². The summed E-state index contributed by atoms with van der Waals surface area (Å²) in [5.74, 6) is 2.41. The number of rotatable bonds is 6. The minimum Gasteiger partial charge on any atom is -0.465 e. The van der Waals surface area contributed by atoms with E-state index in [0.717, 1.165) is 81.2 Å². The van der Waals surface area contributed by atoms with E-state index >= 15 is 0 Å². The van der Waals surface area contributed by atoms with Crippen molar-refractivity contribution < 1.29 is 13.9 Å². The molecule has 8 heteroatoms. The van der Waals surface area contributed by atoms with Crippen LogP contribution in [0.1, 0.15) is 53.6 Å². The van der Waals surface area contributed by atoms with Crippen molar-refractivity contribution in [3.63, 3.8) is 0 Å². The molecule has 5 rings (SSSR count). The van der Waals surface area contributed by atoms with Crippen LogP contribution in [0, 0.1) is 12.8 Å². The molecule has 5 heterocycles. The molecule has 0 spiro atoms. The topological polar surface area (TPSA) is 85.4 Å². The van der Waals surface area contributed by atoms with Crippen molar-refractivity contribution in [2.75, 3.05) is 32.8 Å². The Balaban J connectivity index is 1.13. The number of ether oxygens (including phenoxy) is 1. The van der Waals surface area contributed by atoms with E-state index in [-0.39, 0.29) is 5.91 Å². The van der Waals surface area contributed by atoms with E-state index in [4.69, 9.17) is 9.15 Å². The van der Waals surface area contributed by atoms with Gasteiger partial charge in [0.25, 0.3) is 5.91 Å². The van der Waals surface area contributed by atoms with Crippen LogP contribution < -0.4 is 5.32 Å². The fraction of sp³-hybridized carbons (Fsp3) is 0.542. The van der Waals surface area contributed by atoms with Crippen LogP contribution in [0.25, 0.3) is 11.2 Å². The van der Waals surface area contributed by atoms with E-state index in [2.05, 4.69) is 30.8 Å². The van der Waals surface area contributed by atoms with Crippen LogP contribution in [0.4, 0.5) is 0 Å². The Kier molecular flexibility index (Phi) is 6.23. The number of carbonyl (C=O) groups is 1. The molecule has 32 heavy (non-hydrogen) atoms. The Morgan fingerprint density at radius 1 is 1.16 bits per heavy atom. The molecule has 3 aromatic heterocycles. The maximum Gasteiger partial charge on any atom is 0.252 e. The van der Waals surface area contributed by atoms with Crippen LogP contribution in [0.15, 0.2) is 35.1 Å². The summed E-state index contributed by atoms with van der Waals surface area (Å²) in [5, 5.41) is 3.10. The summed E-state index contributed by atoms with van der Waals surface area (Å²) in [7, 11) is 0. The van der Waals surface area contributed by atoms with Crippen molar-refractivity contribution >= 4 is 17.1 Å². The number of likely N-dealkylation sites (tertiary alicyclic amines) is 1. The zero-order chi connectivity index (χ0) is 21.9. The van der Waals surface area contributed by atoms with Crippen LogP contribution >= 0.6 is 0 Å². The minimum absolute atomic E-state index is 0.0755. The number of amides is 1. The van der Waals surface area contributed by atoms with E-state index in [1.807, 2.05) is 25.4 Å². The van der Waals surface area contributed by atoms with Gasteiger partial charge in [-0.3, -0.25) is 9.69 Å². The van der Waals surface area contributed by atoms with Crippen LogP contribution in [0.2, 0.25) is 0 Å². The van der Waals surface area contributed by atoms with Gasteiger partial charge in [-0.25, -0.2) is 9.97 Å². The molecule has 170 valence electrons. The summed E-state index contributed by atoms with van der Waals surface area (Å²) in [6, 6.07) is 6.28. The van der Waals surface area contributed by atoms with Crippen LogP contribution in [-0.4, -0.2) is 58.2 Å². The molecule has 0 saturated carbocycles. The summed E-state index contributed by atoms with van der Waals surface area (Å²) >= 11 is 0. The number of hydrogen-bond acceptors (Lipinski definition) is 6. The zero-order valence-electron chi connectivity index (χ0n) is 18.6.